The van der Waals surface area contributed by atoms with Crippen molar-refractivity contribution < 1.29 is 9.59 Å². The van der Waals surface area contributed by atoms with Crippen molar-refractivity contribution in [1.29, 1.82) is 0 Å². The van der Waals surface area contributed by atoms with E-state index < -0.39 is 0 Å². The highest BCUT2D eigenvalue weighted by Gasteiger charge is 2.33. The lowest BCUT2D eigenvalue weighted by Gasteiger charge is -2.37. The van der Waals surface area contributed by atoms with Crippen molar-refractivity contribution in [2.24, 2.45) is 5.41 Å². The van der Waals surface area contributed by atoms with Crippen LogP contribution in [0.3, 0.4) is 0 Å². The van der Waals surface area contributed by atoms with Gasteiger partial charge in [0.25, 0.3) is 5.91 Å². The van der Waals surface area contributed by atoms with E-state index in [1.54, 1.807) is 6.20 Å². The molecule has 0 radical (unpaired) electrons. The number of carbonyl (C=O) groups is 2. The Morgan fingerprint density at radius 1 is 1.24 bits per heavy atom. The second kappa shape index (κ2) is 7.13. The summed E-state index contributed by atoms with van der Waals surface area (Å²) in [7, 11) is 0. The summed E-state index contributed by atoms with van der Waals surface area (Å²) in [5.74, 6) is -0.0227. The molecule has 1 aromatic heterocycles. The molecule has 2 heterocycles. The zero-order chi connectivity index (χ0) is 17.9. The van der Waals surface area contributed by atoms with Crippen LogP contribution in [0, 0.1) is 5.41 Å². The molecule has 0 aliphatic carbocycles. The van der Waals surface area contributed by atoms with Gasteiger partial charge in [-0.25, -0.2) is 0 Å². The fourth-order valence-electron chi connectivity index (χ4n) is 3.33. The third-order valence-electron chi connectivity index (χ3n) is 4.94. The Morgan fingerprint density at radius 2 is 2.00 bits per heavy atom. The van der Waals surface area contributed by atoms with E-state index in [-0.39, 0.29) is 23.3 Å². The molecule has 1 fully saturated rings. The van der Waals surface area contributed by atoms with Gasteiger partial charge in [-0.05, 0) is 24.5 Å². The number of H-pyrrole nitrogens is 1. The van der Waals surface area contributed by atoms with E-state index in [4.69, 9.17) is 0 Å². The number of piperidine rings is 1. The van der Waals surface area contributed by atoms with Crippen LogP contribution in [-0.2, 0) is 4.79 Å². The van der Waals surface area contributed by atoms with E-state index in [2.05, 4.69) is 29.5 Å². The summed E-state index contributed by atoms with van der Waals surface area (Å²) in [5.41, 5.74) is 2.26. The van der Waals surface area contributed by atoms with E-state index in [1.807, 2.05) is 36.4 Å². The monoisotopic (exact) mass is 339 g/mol. The second-order valence-electron chi connectivity index (χ2n) is 7.32. The largest absolute Gasteiger partial charge is 0.357 e. The summed E-state index contributed by atoms with van der Waals surface area (Å²) in [6.45, 7) is 4.66. The number of rotatable bonds is 5. The molecule has 1 aliphatic heterocycles. The average molecular weight is 339 g/mol. The van der Waals surface area contributed by atoms with E-state index >= 15 is 0 Å². The molecule has 5 nitrogen and oxygen atoms in total. The average Bonchev–Trinajstić information content (AvgIpc) is 3.10. The maximum Gasteiger partial charge on any atom is 0.268 e. The number of aromatic amines is 1. The number of amides is 2. The molecule has 0 saturated carbocycles. The molecule has 25 heavy (non-hydrogen) atoms. The number of nitrogens with one attached hydrogen (secondary N) is 3. The van der Waals surface area contributed by atoms with Gasteiger partial charge in [-0.2, -0.15) is 0 Å². The quantitative estimate of drug-likeness (QED) is 0.783. The lowest BCUT2D eigenvalue weighted by molar-refractivity contribution is -0.124. The Hall–Kier alpha value is -2.56. The Kier molecular flexibility index (Phi) is 4.93. The van der Waals surface area contributed by atoms with Gasteiger partial charge in [-0.15, -0.1) is 0 Å². The number of hydrogen-bond acceptors (Lipinski definition) is 2. The third-order valence-corrected chi connectivity index (χ3v) is 4.94. The molecule has 3 rings (SSSR count). The van der Waals surface area contributed by atoms with Crippen LogP contribution in [0.1, 0.15) is 43.6 Å². The first-order valence-electron chi connectivity index (χ1n) is 8.78. The van der Waals surface area contributed by atoms with Gasteiger partial charge in [0, 0.05) is 36.2 Å². The summed E-state index contributed by atoms with van der Waals surface area (Å²) in [4.78, 5) is 27.4. The SMILES string of the molecule is CC(C)(CNC(=O)c1[nH]ccc1-c1ccccc1)C1CCCC(=O)N1. The van der Waals surface area contributed by atoms with Crippen molar-refractivity contribution in [1.82, 2.24) is 15.6 Å². The van der Waals surface area contributed by atoms with Crippen molar-refractivity contribution in [3.8, 4) is 11.1 Å². The summed E-state index contributed by atoms with van der Waals surface area (Å²) in [6.07, 6.45) is 4.24. The normalized spacial score (nSPS) is 17.8. The number of benzene rings is 1. The first kappa shape index (κ1) is 17.3. The molecule has 5 heteroatoms. The predicted octanol–water partition coefficient (Wildman–Crippen LogP) is 3.11. The molecule has 2 aromatic rings. The summed E-state index contributed by atoms with van der Waals surface area (Å²) in [5, 5.41) is 6.08. The molecule has 2 amide bonds. The fraction of sp³-hybridized carbons (Fsp3) is 0.400. The molecule has 1 saturated heterocycles. The van der Waals surface area contributed by atoms with Crippen LogP contribution in [-0.4, -0.2) is 29.4 Å². The van der Waals surface area contributed by atoms with Crippen LogP contribution in [0.15, 0.2) is 42.6 Å². The number of carbonyl (C=O) groups excluding carboxylic acids is 2. The first-order valence-corrected chi connectivity index (χ1v) is 8.78. The summed E-state index contributed by atoms with van der Waals surface area (Å²) >= 11 is 0. The molecule has 3 N–H and O–H groups in total. The standard InChI is InChI=1S/C20H25N3O2/c1-20(2,16-9-6-10-17(24)23-16)13-22-19(25)18-15(11-12-21-18)14-7-4-3-5-8-14/h3-5,7-8,11-12,16,21H,6,9-10,13H2,1-2H3,(H,22,25)(H,23,24). The highest BCUT2D eigenvalue weighted by molar-refractivity contribution is 5.99. The highest BCUT2D eigenvalue weighted by atomic mass is 16.2. The first-order chi connectivity index (χ1) is 12.0. The minimum Gasteiger partial charge on any atom is -0.357 e. The minimum atomic E-state index is -0.203. The summed E-state index contributed by atoms with van der Waals surface area (Å²) in [6, 6.07) is 11.8. The second-order valence-corrected chi connectivity index (χ2v) is 7.32. The van der Waals surface area contributed by atoms with E-state index in [0.717, 1.165) is 24.0 Å². The van der Waals surface area contributed by atoms with Gasteiger partial charge in [0.1, 0.15) is 5.69 Å². The summed E-state index contributed by atoms with van der Waals surface area (Å²) < 4.78 is 0. The van der Waals surface area contributed by atoms with Gasteiger partial charge in [0.05, 0.1) is 0 Å². The van der Waals surface area contributed by atoms with Crippen LogP contribution in [0.2, 0.25) is 0 Å². The van der Waals surface area contributed by atoms with Crippen molar-refractivity contribution in [3.63, 3.8) is 0 Å². The fourth-order valence-corrected chi connectivity index (χ4v) is 3.33. The van der Waals surface area contributed by atoms with Crippen molar-refractivity contribution in [3.05, 3.63) is 48.3 Å². The Balaban J connectivity index is 1.67. The van der Waals surface area contributed by atoms with E-state index in [1.165, 1.54) is 0 Å². The number of aromatic nitrogens is 1. The number of hydrogen-bond donors (Lipinski definition) is 3. The van der Waals surface area contributed by atoms with E-state index in [9.17, 15) is 9.59 Å². The smallest absolute Gasteiger partial charge is 0.268 e. The van der Waals surface area contributed by atoms with Crippen LogP contribution in [0.25, 0.3) is 11.1 Å². The molecule has 1 unspecified atom stereocenters. The highest BCUT2D eigenvalue weighted by Crippen LogP contribution is 2.27. The lowest BCUT2D eigenvalue weighted by Crippen LogP contribution is -2.52. The molecule has 0 spiro atoms. The molecule has 1 aliphatic rings. The Labute approximate surface area is 148 Å². The van der Waals surface area contributed by atoms with Crippen molar-refractivity contribution in [2.45, 2.75) is 39.2 Å². The van der Waals surface area contributed by atoms with Crippen LogP contribution in [0.4, 0.5) is 0 Å². The van der Waals surface area contributed by atoms with E-state index in [0.29, 0.717) is 18.7 Å². The maximum absolute atomic E-state index is 12.7. The van der Waals surface area contributed by atoms with Gasteiger partial charge < -0.3 is 15.6 Å². The zero-order valence-electron chi connectivity index (χ0n) is 14.8. The van der Waals surface area contributed by atoms with Crippen molar-refractivity contribution in [2.75, 3.05) is 6.54 Å². The van der Waals surface area contributed by atoms with Gasteiger partial charge in [-0.3, -0.25) is 9.59 Å². The molecule has 132 valence electrons. The zero-order valence-corrected chi connectivity index (χ0v) is 14.8. The Morgan fingerprint density at radius 3 is 2.72 bits per heavy atom. The maximum atomic E-state index is 12.7. The van der Waals surface area contributed by atoms with Crippen LogP contribution < -0.4 is 10.6 Å². The van der Waals surface area contributed by atoms with Gasteiger partial charge in [0.2, 0.25) is 5.91 Å². The molecule has 1 atom stereocenters. The van der Waals surface area contributed by atoms with Crippen molar-refractivity contribution >= 4 is 11.8 Å². The minimum absolute atomic E-state index is 0.0892. The topological polar surface area (TPSA) is 74.0 Å². The predicted molar refractivity (Wildman–Crippen MR) is 98.1 cm³/mol. The van der Waals surface area contributed by atoms with Gasteiger partial charge >= 0.3 is 0 Å². The molecular formula is C20H25N3O2. The lowest BCUT2D eigenvalue weighted by atomic mass is 9.80. The van der Waals surface area contributed by atoms with Crippen LogP contribution >= 0.6 is 0 Å². The molecule has 0 bridgehead atoms. The Bertz CT molecular complexity index is 749. The van der Waals surface area contributed by atoms with Gasteiger partial charge in [-0.1, -0.05) is 44.2 Å². The molecular weight excluding hydrogens is 314 g/mol. The van der Waals surface area contributed by atoms with Gasteiger partial charge in [0.15, 0.2) is 0 Å². The molecule has 1 aromatic carbocycles. The van der Waals surface area contributed by atoms with Crippen LogP contribution in [0.5, 0.6) is 0 Å². The third kappa shape index (κ3) is 3.92.